The maximum absolute atomic E-state index is 5.24. The number of rotatable bonds is 12. The van der Waals surface area contributed by atoms with Gasteiger partial charge in [0.2, 0.25) is 0 Å². The summed E-state index contributed by atoms with van der Waals surface area (Å²) >= 11 is -0.487. The van der Waals surface area contributed by atoms with E-state index in [-0.39, 0.29) is 15.9 Å². The van der Waals surface area contributed by atoms with Gasteiger partial charge in [-0.05, 0) is 97.1 Å². The van der Waals surface area contributed by atoms with E-state index >= 15 is 0 Å². The summed E-state index contributed by atoms with van der Waals surface area (Å²) in [7, 11) is 49.8. The van der Waals surface area contributed by atoms with Crippen molar-refractivity contribution in [3.05, 3.63) is 241 Å². The number of para-hydroxylation sites is 8. The molecule has 0 aliphatic carbocycles. The minimum absolute atomic E-state index is 0.106. The van der Waals surface area contributed by atoms with Crippen molar-refractivity contribution in [3.8, 4) is 23.0 Å². The molecule has 420 valence electrons. The van der Waals surface area contributed by atoms with Gasteiger partial charge in [-0.1, -0.05) is 121 Å². The van der Waals surface area contributed by atoms with E-state index in [1.54, 1.807) is 28.4 Å². The van der Waals surface area contributed by atoms with E-state index < -0.39 is 11.2 Å². The number of hydrogen-bond donors (Lipinski definition) is 0. The fourth-order valence-corrected chi connectivity index (χ4v) is 5.72. The third-order valence-electron chi connectivity index (χ3n) is 8.99. The van der Waals surface area contributed by atoms with Gasteiger partial charge in [-0.2, -0.15) is 0 Å². The fraction of sp³-hybridized carbons (Fsp3) is 0.0714. The van der Waals surface area contributed by atoms with Gasteiger partial charge in [0, 0.05) is 47.1 Å². The Kier molecular flexibility index (Phi) is 45.9. The van der Waals surface area contributed by atoms with Crippen LogP contribution in [0.2, 0.25) is 0 Å². The second-order valence-electron chi connectivity index (χ2n) is 13.6. The number of methoxy groups -OCH3 is 4. The molecule has 0 heterocycles. The molecule has 0 saturated carbocycles. The average Bonchev–Trinajstić information content (AvgIpc) is 3.47. The van der Waals surface area contributed by atoms with Gasteiger partial charge in [-0.25, -0.2) is 0 Å². The van der Waals surface area contributed by atoms with Crippen LogP contribution in [-0.4, -0.2) is 53.3 Å². The molecule has 21 heteroatoms. The number of hydrogen-bond acceptors (Lipinski definition) is 8. The summed E-state index contributed by atoms with van der Waals surface area (Å²) < 4.78 is 21.0. The summed E-state index contributed by atoms with van der Waals surface area (Å²) in [5, 5.41) is 0. The van der Waals surface area contributed by atoms with Crippen LogP contribution in [0.3, 0.4) is 0 Å². The molecule has 0 spiro atoms. The molecular weight excluding hydrogens is 1390 g/mol. The van der Waals surface area contributed by atoms with Crippen LogP contribution < -0.4 is 18.9 Å². The molecule has 77 heavy (non-hydrogen) atoms. The Balaban J connectivity index is 0.000000476. The number of ether oxygens (including phenoxy) is 4. The van der Waals surface area contributed by atoms with Gasteiger partial charge >= 0.3 is 143 Å². The summed E-state index contributed by atoms with van der Waals surface area (Å²) in [6.45, 7) is 0. The minimum atomic E-state index is -1.33. The normalized spacial score (nSPS) is 10.2. The molecule has 0 atom stereocenters. The van der Waals surface area contributed by atoms with E-state index in [1.807, 2.05) is 243 Å². The molecule has 8 nitrogen and oxygen atoms in total. The average molecular weight is 1440 g/mol. The predicted molar refractivity (Wildman–Crippen MR) is 319 cm³/mol. The molecule has 0 bridgehead atoms. The maximum atomic E-state index is 5.24. The van der Waals surface area contributed by atoms with Gasteiger partial charge in [0.05, 0.1) is 51.2 Å². The first-order valence-corrected chi connectivity index (χ1v) is 35.8. The third kappa shape index (κ3) is 35.6. The van der Waals surface area contributed by atoms with Crippen LogP contribution in [0.5, 0.6) is 23.0 Å². The van der Waals surface area contributed by atoms with Crippen molar-refractivity contribution in [3.63, 3.8) is 0 Å². The zero-order chi connectivity index (χ0) is 56.6. The van der Waals surface area contributed by atoms with Crippen LogP contribution in [0.1, 0.15) is 22.3 Å². The summed E-state index contributed by atoms with van der Waals surface area (Å²) in [6.07, 6.45) is 7.25. The van der Waals surface area contributed by atoms with E-state index in [2.05, 4.69) is 20.0 Å². The fourth-order valence-electron chi connectivity index (χ4n) is 5.72. The first-order chi connectivity index (χ1) is 37.6. The SMILES string of the molecule is COc1ccccc1C=Nc1ccccc1.COc1ccccc1C=Nc1ccccc1.COc1ccccc1C=Nc1ccccc1.COc1ccccc1C=Nc1ccccc1.[Cl][Co][Cl].[Cl][Fe]([Cl])[Cl].[Cl][Ni][Cl].[Cl][Pd][Cl]. The van der Waals surface area contributed by atoms with Crippen LogP contribution in [0.25, 0.3) is 0 Å². The van der Waals surface area contributed by atoms with Gasteiger partial charge in [0.25, 0.3) is 0 Å². The van der Waals surface area contributed by atoms with Crippen molar-refractivity contribution < 1.29 is 71.6 Å². The Morgan fingerprint density at radius 3 is 0.662 bits per heavy atom. The molecule has 8 aromatic rings. The molecule has 0 aliphatic rings. The molecule has 8 rings (SSSR count). The van der Waals surface area contributed by atoms with Crippen LogP contribution >= 0.6 is 90.0 Å². The first kappa shape index (κ1) is 71.4. The van der Waals surface area contributed by atoms with Crippen molar-refractivity contribution in [1.29, 1.82) is 0 Å². The van der Waals surface area contributed by atoms with Gasteiger partial charge < -0.3 is 18.9 Å². The molecule has 0 radical (unpaired) electrons. The molecule has 0 N–H and O–H groups in total. The van der Waals surface area contributed by atoms with Crippen LogP contribution in [-0.2, 0) is 52.7 Å². The topological polar surface area (TPSA) is 86.4 Å². The summed E-state index contributed by atoms with van der Waals surface area (Å²) in [5.41, 5.74) is 7.68. The Bertz CT molecular complexity index is 2450. The summed E-state index contributed by atoms with van der Waals surface area (Å²) in [5.74, 6) is 3.34. The van der Waals surface area contributed by atoms with E-state index in [4.69, 9.17) is 109 Å². The standard InChI is InChI=1S/4C14H13NO.9ClH.Co.Fe.Ni.Pd/c4*1-16-14-10-6-5-7-12(14)11-15-13-8-3-2-4-9-13;;;;;;;;;;;;;/h4*2-11H,1H3;9*1H;;;;/q;;;;;;;;;;;;;+2;+3;2*+2/p-9. The predicted octanol–water partition coefficient (Wildman–Crippen LogP) is 20.0. The molecule has 0 aromatic heterocycles. The van der Waals surface area contributed by atoms with E-state index in [9.17, 15) is 0 Å². The van der Waals surface area contributed by atoms with Crippen LogP contribution in [0, 0.1) is 0 Å². The monoisotopic (exact) mass is 1440 g/mol. The molecule has 0 unspecified atom stereocenters. The Morgan fingerprint density at radius 1 is 0.364 bits per heavy atom. The van der Waals surface area contributed by atoms with Crippen molar-refractivity contribution in [2.75, 3.05) is 28.4 Å². The van der Waals surface area contributed by atoms with Crippen molar-refractivity contribution in [2.45, 2.75) is 0 Å². The number of nitrogens with zero attached hydrogens (tertiary/aromatic N) is 4. The van der Waals surface area contributed by atoms with Gasteiger partial charge in [-0.3, -0.25) is 20.0 Å². The second-order valence-corrected chi connectivity index (χ2v) is 24.8. The van der Waals surface area contributed by atoms with Gasteiger partial charge in [-0.15, -0.1) is 0 Å². The van der Waals surface area contributed by atoms with E-state index in [0.29, 0.717) is 25.5 Å². The first-order valence-electron chi connectivity index (χ1n) is 21.6. The van der Waals surface area contributed by atoms with E-state index in [1.165, 1.54) is 0 Å². The van der Waals surface area contributed by atoms with Crippen LogP contribution in [0.4, 0.5) is 22.7 Å². The van der Waals surface area contributed by atoms with E-state index in [0.717, 1.165) is 68.0 Å². The molecule has 0 aliphatic heterocycles. The van der Waals surface area contributed by atoms with Crippen molar-refractivity contribution in [2.24, 2.45) is 20.0 Å². The quantitative estimate of drug-likeness (QED) is 0.0901. The molecular formula is C56H52Cl9CoFeN4NiO4Pd. The van der Waals surface area contributed by atoms with Crippen molar-refractivity contribution in [1.82, 2.24) is 0 Å². The zero-order valence-electron chi connectivity index (χ0n) is 41.2. The van der Waals surface area contributed by atoms with Gasteiger partial charge in [0.1, 0.15) is 23.0 Å². The molecule has 0 saturated heterocycles. The van der Waals surface area contributed by atoms with Crippen LogP contribution in [0.15, 0.2) is 238 Å². The molecule has 8 aromatic carbocycles. The van der Waals surface area contributed by atoms with Crippen molar-refractivity contribution >= 4 is 138 Å². The molecule has 0 amide bonds. The zero-order valence-corrected chi connectivity index (χ0v) is 52.7. The molecule has 0 fully saturated rings. The Morgan fingerprint density at radius 2 is 0.506 bits per heavy atom. The van der Waals surface area contributed by atoms with Gasteiger partial charge in [0.15, 0.2) is 0 Å². The second kappa shape index (κ2) is 49.5. The number of aliphatic imine (C=N–C) groups is 4. The number of halogens is 9. The summed E-state index contributed by atoms with van der Waals surface area (Å²) in [6, 6.07) is 70.6. The third-order valence-corrected chi connectivity index (χ3v) is 8.99. The Labute approximate surface area is 515 Å². The summed E-state index contributed by atoms with van der Waals surface area (Å²) in [4.78, 5) is 17.5. The Hall–Kier alpha value is -3.57. The number of benzene rings is 8.